The highest BCUT2D eigenvalue weighted by Gasteiger charge is 2.36. The van der Waals surface area contributed by atoms with Crippen LogP contribution in [0.2, 0.25) is 0 Å². The summed E-state index contributed by atoms with van der Waals surface area (Å²) >= 11 is 5.67. The molecule has 2 atom stereocenters. The third-order valence-electron chi connectivity index (χ3n) is 2.26. The van der Waals surface area contributed by atoms with Crippen LogP contribution in [0.25, 0.3) is 0 Å². The van der Waals surface area contributed by atoms with Gasteiger partial charge in [0, 0.05) is 25.6 Å². The molecule has 1 heterocycles. The Labute approximate surface area is 83.9 Å². The van der Waals surface area contributed by atoms with Crippen molar-refractivity contribution in [3.05, 3.63) is 0 Å². The molecular formula is C7H14ClNO3S. The minimum absolute atomic E-state index is 0.0153. The number of hydrogen-bond donors (Lipinski definition) is 0. The topological polar surface area (TPSA) is 46.6 Å². The molecule has 0 spiro atoms. The van der Waals surface area contributed by atoms with Crippen LogP contribution >= 0.6 is 11.6 Å². The van der Waals surface area contributed by atoms with Gasteiger partial charge in [0.05, 0.1) is 12.4 Å². The molecule has 1 aliphatic rings. The Kier molecular flexibility index (Phi) is 3.57. The molecule has 78 valence electrons. The maximum absolute atomic E-state index is 11.3. The van der Waals surface area contributed by atoms with E-state index in [1.165, 1.54) is 10.6 Å². The van der Waals surface area contributed by atoms with E-state index in [-0.39, 0.29) is 12.1 Å². The molecular weight excluding hydrogens is 214 g/mol. The lowest BCUT2D eigenvalue weighted by Gasteiger charge is -2.18. The summed E-state index contributed by atoms with van der Waals surface area (Å²) in [6.45, 7) is 0.423. The molecule has 1 fully saturated rings. The van der Waals surface area contributed by atoms with Gasteiger partial charge in [-0.25, -0.2) is 8.42 Å². The van der Waals surface area contributed by atoms with Crippen LogP contribution in [0.3, 0.4) is 0 Å². The van der Waals surface area contributed by atoms with Gasteiger partial charge in [0.25, 0.3) is 0 Å². The predicted molar refractivity (Wildman–Crippen MR) is 51.5 cm³/mol. The number of hydrogen-bond acceptors (Lipinski definition) is 3. The maximum atomic E-state index is 11.3. The van der Waals surface area contributed by atoms with Gasteiger partial charge >= 0.3 is 0 Å². The number of alkyl halides is 1. The largest absolute Gasteiger partial charge is 0.380 e. The molecule has 0 amide bonds. The lowest BCUT2D eigenvalue weighted by molar-refractivity contribution is 0.114. The van der Waals surface area contributed by atoms with Crippen molar-refractivity contribution in [2.24, 2.45) is 0 Å². The van der Waals surface area contributed by atoms with E-state index in [2.05, 4.69) is 0 Å². The van der Waals surface area contributed by atoms with Crippen molar-refractivity contribution in [1.29, 1.82) is 0 Å². The molecule has 2 unspecified atom stereocenters. The molecule has 1 aliphatic heterocycles. The standard InChI is InChI=1S/C7H14ClNO3S/c1-12-7-3-6(4-8)9(5-7)13(2,10)11/h6-7H,3-5H2,1-2H3. The molecule has 0 N–H and O–H groups in total. The second kappa shape index (κ2) is 4.13. The first-order valence-electron chi connectivity index (χ1n) is 4.04. The monoisotopic (exact) mass is 227 g/mol. The summed E-state index contributed by atoms with van der Waals surface area (Å²) in [6, 6.07) is -0.110. The van der Waals surface area contributed by atoms with Gasteiger partial charge < -0.3 is 4.74 Å². The van der Waals surface area contributed by atoms with Crippen molar-refractivity contribution in [3.8, 4) is 0 Å². The third kappa shape index (κ3) is 2.56. The Morgan fingerprint density at radius 1 is 1.62 bits per heavy atom. The summed E-state index contributed by atoms with van der Waals surface area (Å²) in [6.07, 6.45) is 1.87. The zero-order chi connectivity index (χ0) is 10.1. The van der Waals surface area contributed by atoms with Crippen LogP contribution in [0.4, 0.5) is 0 Å². The second-order valence-corrected chi connectivity index (χ2v) is 5.48. The molecule has 0 aliphatic carbocycles. The Balaban J connectivity index is 2.75. The Bertz CT molecular complexity index is 267. The van der Waals surface area contributed by atoms with Crippen LogP contribution < -0.4 is 0 Å². The average Bonchev–Trinajstić information content (AvgIpc) is 2.46. The zero-order valence-electron chi connectivity index (χ0n) is 7.73. The van der Waals surface area contributed by atoms with Crippen molar-refractivity contribution in [3.63, 3.8) is 0 Å². The first kappa shape index (κ1) is 11.2. The molecule has 0 radical (unpaired) electrons. The molecule has 13 heavy (non-hydrogen) atoms. The minimum Gasteiger partial charge on any atom is -0.380 e. The van der Waals surface area contributed by atoms with Gasteiger partial charge in [-0.2, -0.15) is 4.31 Å². The lowest BCUT2D eigenvalue weighted by atomic mass is 10.2. The normalized spacial score (nSPS) is 31.0. The predicted octanol–water partition coefficient (Wildman–Crippen LogP) is 0.274. The molecule has 0 bridgehead atoms. The molecule has 4 nitrogen and oxygen atoms in total. The van der Waals surface area contributed by atoms with Crippen LogP contribution in [0.15, 0.2) is 0 Å². The summed E-state index contributed by atoms with van der Waals surface area (Å²) in [4.78, 5) is 0. The van der Waals surface area contributed by atoms with Crippen molar-refractivity contribution in [1.82, 2.24) is 4.31 Å². The summed E-state index contributed by atoms with van der Waals surface area (Å²) in [5, 5.41) is 0. The number of halogens is 1. The Hall–Kier alpha value is 0.160. The van der Waals surface area contributed by atoms with Crippen molar-refractivity contribution in [2.45, 2.75) is 18.6 Å². The Morgan fingerprint density at radius 2 is 2.23 bits per heavy atom. The van der Waals surface area contributed by atoms with Crippen molar-refractivity contribution in [2.75, 3.05) is 25.8 Å². The SMILES string of the molecule is COC1CC(CCl)N(S(C)(=O)=O)C1. The average molecular weight is 228 g/mol. The van der Waals surface area contributed by atoms with E-state index >= 15 is 0 Å². The lowest BCUT2D eigenvalue weighted by Crippen LogP contribution is -2.36. The number of nitrogens with zero attached hydrogens (tertiary/aromatic N) is 1. The smallest absolute Gasteiger partial charge is 0.211 e. The first-order chi connectivity index (χ1) is 5.99. The summed E-state index contributed by atoms with van der Waals surface area (Å²) in [7, 11) is -1.55. The fourth-order valence-electron chi connectivity index (χ4n) is 1.56. The molecule has 1 rings (SSSR count). The van der Waals surface area contributed by atoms with Gasteiger partial charge in [-0.15, -0.1) is 11.6 Å². The van der Waals surface area contributed by atoms with E-state index < -0.39 is 10.0 Å². The van der Waals surface area contributed by atoms with E-state index in [9.17, 15) is 8.42 Å². The number of ether oxygens (including phenoxy) is 1. The van der Waals surface area contributed by atoms with Crippen LogP contribution in [0.5, 0.6) is 0 Å². The number of methoxy groups -OCH3 is 1. The minimum atomic E-state index is -3.14. The third-order valence-corrected chi connectivity index (χ3v) is 3.92. The van der Waals surface area contributed by atoms with Crippen molar-refractivity contribution < 1.29 is 13.2 Å². The van der Waals surface area contributed by atoms with E-state index in [1.807, 2.05) is 0 Å². The second-order valence-electron chi connectivity index (χ2n) is 3.23. The molecule has 0 aromatic heterocycles. The molecule has 0 saturated carbocycles. The van der Waals surface area contributed by atoms with Gasteiger partial charge in [-0.05, 0) is 6.42 Å². The highest BCUT2D eigenvalue weighted by molar-refractivity contribution is 7.88. The fourth-order valence-corrected chi connectivity index (χ4v) is 3.08. The van der Waals surface area contributed by atoms with Crippen LogP contribution in [0, 0.1) is 0 Å². The highest BCUT2D eigenvalue weighted by Crippen LogP contribution is 2.23. The van der Waals surface area contributed by atoms with Crippen LogP contribution in [0.1, 0.15) is 6.42 Å². The highest BCUT2D eigenvalue weighted by atomic mass is 35.5. The quantitative estimate of drug-likeness (QED) is 0.651. The van der Waals surface area contributed by atoms with Gasteiger partial charge in [-0.1, -0.05) is 0 Å². The van der Waals surface area contributed by atoms with E-state index in [1.54, 1.807) is 7.11 Å². The summed E-state index contributed by atoms with van der Waals surface area (Å²) in [5.41, 5.74) is 0. The van der Waals surface area contributed by atoms with E-state index in [0.29, 0.717) is 18.8 Å². The maximum Gasteiger partial charge on any atom is 0.211 e. The zero-order valence-corrected chi connectivity index (χ0v) is 9.31. The van der Waals surface area contributed by atoms with Crippen LogP contribution in [-0.2, 0) is 14.8 Å². The fraction of sp³-hybridized carbons (Fsp3) is 1.00. The molecule has 0 aromatic rings. The van der Waals surface area contributed by atoms with Crippen LogP contribution in [-0.4, -0.2) is 50.7 Å². The van der Waals surface area contributed by atoms with Gasteiger partial charge in [0.1, 0.15) is 0 Å². The summed E-state index contributed by atoms with van der Waals surface area (Å²) < 4.78 is 29.1. The molecule has 0 aromatic carbocycles. The number of rotatable bonds is 3. The number of sulfonamides is 1. The van der Waals surface area contributed by atoms with E-state index in [4.69, 9.17) is 16.3 Å². The van der Waals surface area contributed by atoms with E-state index in [0.717, 1.165) is 0 Å². The van der Waals surface area contributed by atoms with Gasteiger partial charge in [0.2, 0.25) is 10.0 Å². The van der Waals surface area contributed by atoms with Crippen molar-refractivity contribution >= 4 is 21.6 Å². The van der Waals surface area contributed by atoms with Gasteiger partial charge in [-0.3, -0.25) is 0 Å². The molecule has 6 heteroatoms. The Morgan fingerprint density at radius 3 is 2.54 bits per heavy atom. The first-order valence-corrected chi connectivity index (χ1v) is 6.43. The summed E-state index contributed by atoms with van der Waals surface area (Å²) in [5.74, 6) is 0.326. The molecule has 1 saturated heterocycles. The van der Waals surface area contributed by atoms with Gasteiger partial charge in [0.15, 0.2) is 0 Å².